The first kappa shape index (κ1) is 17.8. The Labute approximate surface area is 155 Å². The molecule has 2 heterocycles. The summed E-state index contributed by atoms with van der Waals surface area (Å²) in [6, 6.07) is 8.72. The normalized spacial score (nSPS) is 11.5. The van der Waals surface area contributed by atoms with Crippen molar-refractivity contribution in [3.8, 4) is 11.3 Å². The predicted molar refractivity (Wildman–Crippen MR) is 103 cm³/mol. The summed E-state index contributed by atoms with van der Waals surface area (Å²) in [5.74, 6) is 0. The monoisotopic (exact) mass is 393 g/mol. The van der Waals surface area contributed by atoms with E-state index in [9.17, 15) is 8.42 Å². The van der Waals surface area contributed by atoms with Crippen molar-refractivity contribution in [2.45, 2.75) is 18.7 Å². The summed E-state index contributed by atoms with van der Waals surface area (Å²) in [5, 5.41) is 6.00. The predicted octanol–water partition coefficient (Wildman–Crippen LogP) is 4.62. The zero-order valence-electron chi connectivity index (χ0n) is 13.9. The molecule has 1 N–H and O–H groups in total. The number of rotatable bonds is 4. The molecule has 0 atom stereocenters. The Morgan fingerprint density at radius 1 is 1.08 bits per heavy atom. The molecule has 5 nitrogen and oxygen atoms in total. The van der Waals surface area contributed by atoms with Gasteiger partial charge in [-0.3, -0.25) is 4.98 Å². The molecule has 3 aromatic rings. The minimum Gasteiger partial charge on any atom is -0.331 e. The Balaban J connectivity index is 1.85. The van der Waals surface area contributed by atoms with Gasteiger partial charge in [-0.05, 0) is 44.2 Å². The van der Waals surface area contributed by atoms with E-state index in [2.05, 4.69) is 15.3 Å². The van der Waals surface area contributed by atoms with Crippen LogP contribution in [0.15, 0.2) is 40.6 Å². The molecule has 0 saturated heterocycles. The van der Waals surface area contributed by atoms with Crippen LogP contribution in [0, 0.1) is 13.8 Å². The van der Waals surface area contributed by atoms with Crippen molar-refractivity contribution in [1.29, 1.82) is 0 Å². The van der Waals surface area contributed by atoms with E-state index < -0.39 is 9.84 Å². The summed E-state index contributed by atoms with van der Waals surface area (Å²) in [6.07, 6.45) is 1.13. The first-order valence-electron chi connectivity index (χ1n) is 7.40. The van der Waals surface area contributed by atoms with Gasteiger partial charge < -0.3 is 5.32 Å². The maximum atomic E-state index is 11.6. The SMILES string of the molecule is Cc1cc(-c2csc(Nc3ccc(S(C)(=O)=O)c(Cl)c3)n2)cc(C)n1. The second kappa shape index (κ2) is 6.74. The molecule has 0 unspecified atom stereocenters. The zero-order valence-corrected chi connectivity index (χ0v) is 16.3. The highest BCUT2D eigenvalue weighted by atomic mass is 35.5. The van der Waals surface area contributed by atoms with Crippen molar-refractivity contribution in [3.63, 3.8) is 0 Å². The van der Waals surface area contributed by atoms with Gasteiger partial charge >= 0.3 is 0 Å². The average molecular weight is 394 g/mol. The van der Waals surface area contributed by atoms with E-state index in [-0.39, 0.29) is 9.92 Å². The van der Waals surface area contributed by atoms with Crippen molar-refractivity contribution in [3.05, 3.63) is 52.1 Å². The Morgan fingerprint density at radius 2 is 1.76 bits per heavy atom. The molecule has 0 bridgehead atoms. The van der Waals surface area contributed by atoms with Gasteiger partial charge in [0, 0.05) is 34.3 Å². The van der Waals surface area contributed by atoms with E-state index in [0.717, 1.165) is 28.9 Å². The van der Waals surface area contributed by atoms with Crippen LogP contribution in [0.3, 0.4) is 0 Å². The highest BCUT2D eigenvalue weighted by molar-refractivity contribution is 7.90. The first-order chi connectivity index (χ1) is 11.7. The molecule has 0 aliphatic heterocycles. The van der Waals surface area contributed by atoms with E-state index >= 15 is 0 Å². The van der Waals surface area contributed by atoms with E-state index in [1.54, 1.807) is 12.1 Å². The minimum absolute atomic E-state index is 0.113. The molecule has 130 valence electrons. The maximum Gasteiger partial charge on any atom is 0.187 e. The van der Waals surface area contributed by atoms with Crippen molar-refractivity contribution >= 4 is 43.6 Å². The van der Waals surface area contributed by atoms with Gasteiger partial charge in [-0.1, -0.05) is 11.6 Å². The molecule has 0 aliphatic rings. The number of halogens is 1. The number of hydrogen-bond acceptors (Lipinski definition) is 6. The minimum atomic E-state index is -3.34. The molecule has 0 spiro atoms. The van der Waals surface area contributed by atoms with Crippen molar-refractivity contribution in [1.82, 2.24) is 9.97 Å². The Morgan fingerprint density at radius 3 is 2.36 bits per heavy atom. The first-order valence-corrected chi connectivity index (χ1v) is 10.5. The van der Waals surface area contributed by atoms with Gasteiger partial charge in [0.05, 0.1) is 15.6 Å². The molecule has 2 aromatic heterocycles. The van der Waals surface area contributed by atoms with Gasteiger partial charge in [0.2, 0.25) is 0 Å². The van der Waals surface area contributed by atoms with Crippen molar-refractivity contribution in [2.75, 3.05) is 11.6 Å². The standard InChI is InChI=1S/C17H16ClN3O2S2/c1-10-6-12(7-11(2)19-10)15-9-24-17(21-15)20-13-4-5-16(14(18)8-13)25(3,22)23/h4-9H,1-3H3,(H,20,21). The lowest BCUT2D eigenvalue weighted by Crippen LogP contribution is -1.99. The molecule has 25 heavy (non-hydrogen) atoms. The van der Waals surface area contributed by atoms with Crippen LogP contribution in [0.4, 0.5) is 10.8 Å². The highest BCUT2D eigenvalue weighted by Gasteiger charge is 2.13. The molecule has 3 rings (SSSR count). The topological polar surface area (TPSA) is 72.0 Å². The van der Waals surface area contributed by atoms with Crippen LogP contribution in [0.1, 0.15) is 11.4 Å². The quantitative estimate of drug-likeness (QED) is 0.700. The van der Waals surface area contributed by atoms with E-state index in [0.29, 0.717) is 10.8 Å². The Hall–Kier alpha value is -1.96. The van der Waals surface area contributed by atoms with Crippen LogP contribution >= 0.6 is 22.9 Å². The molecule has 1 aromatic carbocycles. The number of anilines is 2. The summed E-state index contributed by atoms with van der Waals surface area (Å²) in [4.78, 5) is 9.06. The van der Waals surface area contributed by atoms with Gasteiger partial charge in [-0.2, -0.15) is 0 Å². The van der Waals surface area contributed by atoms with E-state index in [4.69, 9.17) is 11.6 Å². The number of aromatic nitrogens is 2. The number of nitrogens with zero attached hydrogens (tertiary/aromatic N) is 2. The van der Waals surface area contributed by atoms with E-state index in [1.807, 2.05) is 31.4 Å². The van der Waals surface area contributed by atoms with Crippen LogP contribution in [0.25, 0.3) is 11.3 Å². The van der Waals surface area contributed by atoms with Gasteiger partial charge in [-0.15, -0.1) is 11.3 Å². The molecular weight excluding hydrogens is 378 g/mol. The van der Waals surface area contributed by atoms with Gasteiger partial charge in [0.25, 0.3) is 0 Å². The number of thiazole rings is 1. The number of pyridine rings is 1. The Bertz CT molecular complexity index is 1030. The zero-order chi connectivity index (χ0) is 18.2. The molecule has 8 heteroatoms. The summed E-state index contributed by atoms with van der Waals surface area (Å²) in [5.41, 5.74) is 4.45. The van der Waals surface area contributed by atoms with Gasteiger partial charge in [0.15, 0.2) is 15.0 Å². The van der Waals surface area contributed by atoms with Crippen molar-refractivity contribution in [2.24, 2.45) is 0 Å². The van der Waals surface area contributed by atoms with Crippen LogP contribution in [0.2, 0.25) is 5.02 Å². The summed E-state index contributed by atoms with van der Waals surface area (Å²) in [7, 11) is -3.34. The fourth-order valence-electron chi connectivity index (χ4n) is 2.45. The van der Waals surface area contributed by atoms with Crippen LogP contribution in [-0.2, 0) is 9.84 Å². The lowest BCUT2D eigenvalue weighted by atomic mass is 10.1. The van der Waals surface area contributed by atoms with Crippen LogP contribution in [0.5, 0.6) is 0 Å². The molecule has 0 aliphatic carbocycles. The third-order valence-corrected chi connectivity index (χ3v) is 5.80. The average Bonchev–Trinajstić information content (AvgIpc) is 2.93. The molecule has 0 amide bonds. The van der Waals surface area contributed by atoms with Gasteiger partial charge in [0.1, 0.15) is 0 Å². The molecular formula is C17H16ClN3O2S2. The number of benzene rings is 1. The highest BCUT2D eigenvalue weighted by Crippen LogP contribution is 2.30. The Kier molecular flexibility index (Phi) is 4.81. The fourth-order valence-corrected chi connectivity index (χ4v) is 4.52. The lowest BCUT2D eigenvalue weighted by Gasteiger charge is -2.06. The van der Waals surface area contributed by atoms with Crippen LogP contribution in [-0.4, -0.2) is 24.6 Å². The van der Waals surface area contributed by atoms with Crippen molar-refractivity contribution < 1.29 is 8.42 Å². The summed E-state index contributed by atoms with van der Waals surface area (Å²) >= 11 is 7.54. The largest absolute Gasteiger partial charge is 0.331 e. The molecule has 0 fully saturated rings. The third kappa shape index (κ3) is 4.18. The number of sulfone groups is 1. The van der Waals surface area contributed by atoms with Crippen LogP contribution < -0.4 is 5.32 Å². The summed E-state index contributed by atoms with van der Waals surface area (Å²) < 4.78 is 23.2. The lowest BCUT2D eigenvalue weighted by molar-refractivity contribution is 0.602. The molecule has 0 saturated carbocycles. The molecule has 0 radical (unpaired) electrons. The fraction of sp³-hybridized carbons (Fsp3) is 0.176. The smallest absolute Gasteiger partial charge is 0.187 e. The number of hydrogen-bond donors (Lipinski definition) is 1. The van der Waals surface area contributed by atoms with Gasteiger partial charge in [-0.25, -0.2) is 13.4 Å². The number of aryl methyl sites for hydroxylation is 2. The summed E-state index contributed by atoms with van der Waals surface area (Å²) in [6.45, 7) is 3.90. The second-order valence-electron chi connectivity index (χ2n) is 5.72. The number of nitrogens with one attached hydrogen (secondary N) is 1. The van der Waals surface area contributed by atoms with E-state index in [1.165, 1.54) is 17.4 Å². The maximum absolute atomic E-state index is 11.6. The third-order valence-electron chi connectivity index (χ3n) is 3.46. The second-order valence-corrected chi connectivity index (χ2v) is 8.97.